The molecule has 0 radical (unpaired) electrons. The lowest BCUT2D eigenvalue weighted by Gasteiger charge is -2.51. The van der Waals surface area contributed by atoms with Gasteiger partial charge in [0.15, 0.2) is 12.6 Å². The monoisotopic (exact) mass is 909 g/mol. The summed E-state index contributed by atoms with van der Waals surface area (Å²) in [5.41, 5.74) is 3.21. The van der Waals surface area contributed by atoms with Crippen molar-refractivity contribution in [1.29, 1.82) is 0 Å². The molecule has 0 spiro atoms. The molecule has 20 atom stereocenters. The molecule has 1 aromatic heterocycles. The number of hydrogen-bond acceptors (Lipinski definition) is 21. The highest BCUT2D eigenvalue weighted by molar-refractivity contribution is 5.92. The molecular formula is C36H55N5O22. The number of aromatic amines is 2. The minimum absolute atomic E-state index is 0.300. The maximum Gasteiger partial charge on any atom is 0.364 e. The van der Waals surface area contributed by atoms with E-state index in [-0.39, 0.29) is 12.8 Å². The fraction of sp³-hybridized carbons (Fsp3) is 0.778. The summed E-state index contributed by atoms with van der Waals surface area (Å²) in [4.78, 5) is 79.5. The van der Waals surface area contributed by atoms with Crippen LogP contribution in [0, 0.1) is 11.8 Å². The fourth-order valence-electron chi connectivity index (χ4n) is 8.20. The Kier molecular flexibility index (Phi) is 16.2. The van der Waals surface area contributed by atoms with Gasteiger partial charge in [-0.25, -0.2) is 9.59 Å². The maximum absolute atomic E-state index is 13.5. The number of hydrogen-bond donors (Lipinski definition) is 15. The average molecular weight is 910 g/mol. The molecule has 1 aromatic rings. The lowest BCUT2D eigenvalue weighted by atomic mass is 9.80. The highest BCUT2D eigenvalue weighted by atomic mass is 16.8. The summed E-state index contributed by atoms with van der Waals surface area (Å²) in [6.07, 6.45) is -27.8. The van der Waals surface area contributed by atoms with E-state index >= 15 is 0 Å². The van der Waals surface area contributed by atoms with Crippen LogP contribution in [0.5, 0.6) is 0 Å². The molecule has 356 valence electrons. The summed E-state index contributed by atoms with van der Waals surface area (Å²) in [7, 11) is 0. The van der Waals surface area contributed by atoms with E-state index in [1.54, 1.807) is 0 Å². The average Bonchev–Trinajstić information content (AvgIpc) is 3.22. The van der Waals surface area contributed by atoms with Crippen LogP contribution in [0.3, 0.4) is 0 Å². The first kappa shape index (κ1) is 50.0. The van der Waals surface area contributed by atoms with Gasteiger partial charge < -0.3 is 101 Å². The maximum atomic E-state index is 13.5. The molecule has 5 rings (SSSR count). The molecule has 3 saturated heterocycles. The SMILES string of the molecule is CC(=O)NC1C(O)CC(OC2C(C)C(OC3CC(C(N)=O)CC(NC(=O)c4cc(=O)[nH]c(=O)[nH]4)C3OC3OC(C)C(O)C(O)C3O)OC(CO)C2O)(C(=O)O)OC1[C@H](O)[C@H](O)CO. The third-order valence-corrected chi connectivity index (χ3v) is 11.6. The van der Waals surface area contributed by atoms with Crippen LogP contribution in [-0.4, -0.2) is 208 Å². The highest BCUT2D eigenvalue weighted by Gasteiger charge is 2.59. The second kappa shape index (κ2) is 20.4. The van der Waals surface area contributed by atoms with Crippen LogP contribution in [0.4, 0.5) is 0 Å². The number of carbonyl (C=O) groups excluding carboxylic acids is 3. The number of amides is 3. The van der Waals surface area contributed by atoms with Crippen molar-refractivity contribution in [1.82, 2.24) is 20.6 Å². The van der Waals surface area contributed by atoms with Gasteiger partial charge in [-0.3, -0.25) is 24.2 Å². The Morgan fingerprint density at radius 3 is 2.19 bits per heavy atom. The van der Waals surface area contributed by atoms with Crippen LogP contribution in [0.1, 0.15) is 50.5 Å². The van der Waals surface area contributed by atoms with Crippen molar-refractivity contribution < 1.29 is 98.7 Å². The minimum Gasteiger partial charge on any atom is -0.477 e. The van der Waals surface area contributed by atoms with E-state index in [1.165, 1.54) is 13.8 Å². The normalized spacial score (nSPS) is 40.6. The number of aliphatic carboxylic acids is 1. The summed E-state index contributed by atoms with van der Waals surface area (Å²) < 4.78 is 35.8. The minimum atomic E-state index is -2.99. The van der Waals surface area contributed by atoms with Gasteiger partial charge in [-0.2, -0.15) is 0 Å². The van der Waals surface area contributed by atoms with Crippen molar-refractivity contribution in [2.24, 2.45) is 17.6 Å². The standard InChI is InChI=1S/C36H55N5O22/c1-10-27(62-36(34(55)56)7-16(45)21(38-12(3)44)29(63-36)23(49)17(46)8-42)24(50)19(9-43)60-32(10)59-18-5-13(30(37)53)4-14(39-31(54)15-6-20(47)41-35(57)40-15)28(18)61-33-26(52)25(51)22(48)11(2)58-33/h6,10-11,13-14,16-19,21-29,32-33,42-43,45-46,48-52H,4-5,7-9H2,1-3H3,(H2,37,53)(H,38,44)(H,39,54)(H,55,56)(H2,40,41,47,57)/t10?,11?,13?,14?,16?,17-,18?,19?,21?,22?,23-,24?,25?,26?,27?,28?,29?,32?,33?,36?/m1/s1. The lowest BCUT2D eigenvalue weighted by Crippen LogP contribution is -2.70. The molecule has 63 heavy (non-hydrogen) atoms. The third-order valence-electron chi connectivity index (χ3n) is 11.6. The molecule has 27 heteroatoms. The molecule has 18 unspecified atom stereocenters. The molecule has 4 heterocycles. The summed E-state index contributed by atoms with van der Waals surface area (Å²) in [5.74, 6) is -10.1. The third kappa shape index (κ3) is 10.9. The Bertz CT molecular complexity index is 1880. The zero-order valence-corrected chi connectivity index (χ0v) is 34.0. The Labute approximate surface area is 356 Å². The van der Waals surface area contributed by atoms with Gasteiger partial charge in [0.1, 0.15) is 60.6 Å². The largest absolute Gasteiger partial charge is 0.477 e. The van der Waals surface area contributed by atoms with Gasteiger partial charge in [-0.1, -0.05) is 6.92 Å². The number of aliphatic hydroxyl groups excluding tert-OH is 9. The number of carboxylic acids is 1. The van der Waals surface area contributed by atoms with Gasteiger partial charge in [0, 0.05) is 31.2 Å². The van der Waals surface area contributed by atoms with Crippen LogP contribution in [0.2, 0.25) is 0 Å². The van der Waals surface area contributed by atoms with E-state index < -0.39 is 182 Å². The highest BCUT2D eigenvalue weighted by Crippen LogP contribution is 2.41. The number of nitrogens with one attached hydrogen (secondary N) is 4. The van der Waals surface area contributed by atoms with Crippen molar-refractivity contribution in [3.05, 3.63) is 32.6 Å². The lowest BCUT2D eigenvalue weighted by molar-refractivity contribution is -0.370. The first-order valence-electron chi connectivity index (χ1n) is 19.9. The molecule has 3 aliphatic heterocycles. The molecule has 0 aromatic carbocycles. The molecule has 27 nitrogen and oxygen atoms in total. The van der Waals surface area contributed by atoms with Gasteiger partial charge in [0.25, 0.3) is 17.3 Å². The van der Waals surface area contributed by atoms with E-state index in [4.69, 9.17) is 34.2 Å². The van der Waals surface area contributed by atoms with Crippen LogP contribution in [-0.2, 0) is 42.8 Å². The number of aliphatic hydroxyl groups is 9. The summed E-state index contributed by atoms with van der Waals surface area (Å²) >= 11 is 0. The zero-order chi connectivity index (χ0) is 46.8. The van der Waals surface area contributed by atoms with Crippen LogP contribution in [0.25, 0.3) is 0 Å². The summed E-state index contributed by atoms with van der Waals surface area (Å²) in [6.45, 7) is 1.69. The van der Waals surface area contributed by atoms with Gasteiger partial charge in [0.2, 0.25) is 11.8 Å². The number of carboxylic acid groups (broad SMARTS) is 1. The van der Waals surface area contributed by atoms with Gasteiger partial charge >= 0.3 is 11.7 Å². The predicted molar refractivity (Wildman–Crippen MR) is 201 cm³/mol. The Balaban J connectivity index is 1.51. The molecule has 1 aliphatic carbocycles. The smallest absolute Gasteiger partial charge is 0.364 e. The van der Waals surface area contributed by atoms with Crippen molar-refractivity contribution in [2.45, 2.75) is 150 Å². The quantitative estimate of drug-likeness (QED) is 0.0777. The first-order chi connectivity index (χ1) is 29.5. The number of carbonyl (C=O) groups is 4. The number of aromatic nitrogens is 2. The van der Waals surface area contributed by atoms with E-state index in [0.29, 0.717) is 0 Å². The van der Waals surface area contributed by atoms with Crippen LogP contribution >= 0.6 is 0 Å². The van der Waals surface area contributed by atoms with Crippen molar-refractivity contribution in [3.8, 4) is 0 Å². The van der Waals surface area contributed by atoms with E-state index in [0.717, 1.165) is 13.0 Å². The molecule has 4 fully saturated rings. The van der Waals surface area contributed by atoms with Crippen LogP contribution in [0.15, 0.2) is 15.7 Å². The van der Waals surface area contributed by atoms with E-state index in [9.17, 15) is 79.8 Å². The number of ether oxygens (including phenoxy) is 6. The number of primary amides is 1. The molecule has 1 saturated carbocycles. The summed E-state index contributed by atoms with van der Waals surface area (Å²) in [6, 6.07) is -2.18. The molecular weight excluding hydrogens is 854 g/mol. The Morgan fingerprint density at radius 2 is 1.60 bits per heavy atom. The van der Waals surface area contributed by atoms with Crippen molar-refractivity contribution in [3.63, 3.8) is 0 Å². The molecule has 4 aliphatic rings. The molecule has 3 amide bonds. The van der Waals surface area contributed by atoms with Gasteiger partial charge in [-0.15, -0.1) is 0 Å². The second-order valence-corrected chi connectivity index (χ2v) is 16.1. The topological polar surface area (TPSA) is 442 Å². The van der Waals surface area contributed by atoms with Gasteiger partial charge in [-0.05, 0) is 19.8 Å². The van der Waals surface area contributed by atoms with E-state index in [1.807, 2.05) is 4.98 Å². The number of H-pyrrole nitrogens is 2. The molecule has 16 N–H and O–H groups in total. The van der Waals surface area contributed by atoms with E-state index in [2.05, 4.69) is 15.6 Å². The van der Waals surface area contributed by atoms with Crippen molar-refractivity contribution >= 4 is 23.7 Å². The number of nitrogens with two attached hydrogens (primary N) is 1. The zero-order valence-electron chi connectivity index (χ0n) is 34.0. The van der Waals surface area contributed by atoms with Crippen LogP contribution < -0.4 is 27.6 Å². The summed E-state index contributed by atoms with van der Waals surface area (Å²) in [5, 5.41) is 111. The van der Waals surface area contributed by atoms with Gasteiger partial charge in [0.05, 0.1) is 49.7 Å². The second-order valence-electron chi connectivity index (χ2n) is 16.1. The number of rotatable bonds is 15. The fourth-order valence-corrected chi connectivity index (χ4v) is 8.20. The predicted octanol–water partition coefficient (Wildman–Crippen LogP) is -8.10. The van der Waals surface area contributed by atoms with Crippen molar-refractivity contribution in [2.75, 3.05) is 13.2 Å². The Hall–Kier alpha value is -4.04. The molecule has 0 bridgehead atoms. The Morgan fingerprint density at radius 1 is 0.921 bits per heavy atom. The first-order valence-corrected chi connectivity index (χ1v) is 19.9.